The van der Waals surface area contributed by atoms with Crippen molar-refractivity contribution in [2.75, 3.05) is 0 Å². The first kappa shape index (κ1) is 13.0. The molecule has 0 fully saturated rings. The van der Waals surface area contributed by atoms with E-state index in [1.54, 1.807) is 25.4 Å². The Morgan fingerprint density at radius 2 is 2.24 bits per heavy atom. The van der Waals surface area contributed by atoms with Gasteiger partial charge in [-0.2, -0.15) is 4.98 Å². The SMILES string of the molecule is C[C@@H](NC(=O)c1cnco1)c1nc(-c2cccnc2)no1. The molecule has 0 unspecified atom stereocenters. The van der Waals surface area contributed by atoms with E-state index in [1.165, 1.54) is 12.6 Å². The van der Waals surface area contributed by atoms with Gasteiger partial charge in [0, 0.05) is 18.0 Å². The molecule has 0 aromatic carbocycles. The van der Waals surface area contributed by atoms with E-state index in [2.05, 4.69) is 25.4 Å². The van der Waals surface area contributed by atoms with Gasteiger partial charge in [-0.15, -0.1) is 0 Å². The standard InChI is InChI=1S/C13H11N5O3/c1-8(16-12(19)10-6-15-7-20-10)13-17-11(18-21-13)9-3-2-4-14-5-9/h2-8H,1H3,(H,16,19)/t8-/m1/s1. The second-order valence-corrected chi connectivity index (χ2v) is 4.26. The van der Waals surface area contributed by atoms with Crippen LogP contribution in [0.3, 0.4) is 0 Å². The zero-order valence-electron chi connectivity index (χ0n) is 11.1. The van der Waals surface area contributed by atoms with Crippen LogP contribution in [0.5, 0.6) is 0 Å². The molecule has 3 heterocycles. The van der Waals surface area contributed by atoms with Crippen LogP contribution < -0.4 is 5.32 Å². The molecule has 8 heteroatoms. The molecule has 0 saturated heterocycles. The van der Waals surface area contributed by atoms with Crippen LogP contribution in [0.4, 0.5) is 0 Å². The van der Waals surface area contributed by atoms with Gasteiger partial charge in [-0.1, -0.05) is 5.16 Å². The molecule has 0 aliphatic carbocycles. The molecule has 3 aromatic heterocycles. The number of nitrogens with zero attached hydrogens (tertiary/aromatic N) is 4. The monoisotopic (exact) mass is 285 g/mol. The number of oxazole rings is 1. The maximum atomic E-state index is 11.8. The lowest BCUT2D eigenvalue weighted by Crippen LogP contribution is -2.26. The van der Waals surface area contributed by atoms with Gasteiger partial charge < -0.3 is 14.3 Å². The molecular weight excluding hydrogens is 274 g/mol. The third kappa shape index (κ3) is 2.78. The topological polar surface area (TPSA) is 107 Å². The lowest BCUT2D eigenvalue weighted by Gasteiger charge is -2.07. The summed E-state index contributed by atoms with van der Waals surface area (Å²) in [5.41, 5.74) is 0.737. The Morgan fingerprint density at radius 3 is 2.95 bits per heavy atom. The minimum absolute atomic E-state index is 0.119. The first-order valence-corrected chi connectivity index (χ1v) is 6.17. The van der Waals surface area contributed by atoms with E-state index in [1.807, 2.05) is 6.07 Å². The minimum atomic E-state index is -0.458. The molecule has 106 valence electrons. The summed E-state index contributed by atoms with van der Waals surface area (Å²) >= 11 is 0. The second-order valence-electron chi connectivity index (χ2n) is 4.26. The number of rotatable bonds is 4. The van der Waals surface area contributed by atoms with Crippen molar-refractivity contribution in [3.05, 3.63) is 48.8 Å². The number of hydrogen-bond donors (Lipinski definition) is 1. The van der Waals surface area contributed by atoms with Crippen molar-refractivity contribution in [1.29, 1.82) is 0 Å². The molecule has 0 aliphatic rings. The summed E-state index contributed by atoms with van der Waals surface area (Å²) in [5.74, 6) is 0.426. The molecule has 0 aliphatic heterocycles. The first-order chi connectivity index (χ1) is 10.2. The van der Waals surface area contributed by atoms with Gasteiger partial charge >= 0.3 is 0 Å². The Morgan fingerprint density at radius 1 is 1.33 bits per heavy atom. The summed E-state index contributed by atoms with van der Waals surface area (Å²) in [4.78, 5) is 23.7. The summed E-state index contributed by atoms with van der Waals surface area (Å²) in [6, 6.07) is 3.14. The van der Waals surface area contributed by atoms with E-state index < -0.39 is 11.9 Å². The van der Waals surface area contributed by atoms with Crippen molar-refractivity contribution in [2.24, 2.45) is 0 Å². The Balaban J connectivity index is 1.73. The smallest absolute Gasteiger partial charge is 0.289 e. The van der Waals surface area contributed by atoms with Crippen molar-refractivity contribution < 1.29 is 13.7 Å². The van der Waals surface area contributed by atoms with Crippen molar-refractivity contribution in [2.45, 2.75) is 13.0 Å². The predicted octanol–water partition coefficient (Wildman–Crippen LogP) is 1.61. The molecule has 0 bridgehead atoms. The number of hydrogen-bond acceptors (Lipinski definition) is 7. The second kappa shape index (κ2) is 5.53. The average Bonchev–Trinajstić information content (AvgIpc) is 3.20. The van der Waals surface area contributed by atoms with Crippen LogP contribution in [0.2, 0.25) is 0 Å². The van der Waals surface area contributed by atoms with Gasteiger partial charge in [0.1, 0.15) is 6.04 Å². The van der Waals surface area contributed by atoms with Crippen molar-refractivity contribution in [3.63, 3.8) is 0 Å². The van der Waals surface area contributed by atoms with Gasteiger partial charge in [-0.25, -0.2) is 4.98 Å². The molecule has 21 heavy (non-hydrogen) atoms. The van der Waals surface area contributed by atoms with Gasteiger partial charge in [-0.3, -0.25) is 9.78 Å². The van der Waals surface area contributed by atoms with Crippen LogP contribution in [0.1, 0.15) is 29.4 Å². The van der Waals surface area contributed by atoms with Gasteiger partial charge in [0.05, 0.1) is 6.20 Å². The Labute approximate surface area is 119 Å². The van der Waals surface area contributed by atoms with E-state index >= 15 is 0 Å². The quantitative estimate of drug-likeness (QED) is 0.775. The van der Waals surface area contributed by atoms with Crippen LogP contribution in [0.15, 0.2) is 46.1 Å². The Kier molecular flexibility index (Phi) is 3.42. The van der Waals surface area contributed by atoms with Crippen LogP contribution in [-0.2, 0) is 0 Å². The Bertz CT molecular complexity index is 723. The van der Waals surface area contributed by atoms with E-state index in [-0.39, 0.29) is 5.76 Å². The van der Waals surface area contributed by atoms with E-state index in [0.717, 1.165) is 5.56 Å². The van der Waals surface area contributed by atoms with Crippen LogP contribution in [-0.4, -0.2) is 26.0 Å². The maximum Gasteiger partial charge on any atom is 0.289 e. The van der Waals surface area contributed by atoms with E-state index in [0.29, 0.717) is 11.7 Å². The van der Waals surface area contributed by atoms with Crippen molar-refractivity contribution in [3.8, 4) is 11.4 Å². The summed E-state index contributed by atoms with van der Waals surface area (Å²) in [6.45, 7) is 1.73. The predicted molar refractivity (Wildman–Crippen MR) is 69.9 cm³/mol. The molecule has 0 saturated carbocycles. The molecule has 0 radical (unpaired) electrons. The zero-order chi connectivity index (χ0) is 14.7. The average molecular weight is 285 g/mol. The normalized spacial score (nSPS) is 12.0. The van der Waals surface area contributed by atoms with Crippen LogP contribution in [0, 0.1) is 0 Å². The molecule has 1 atom stereocenters. The fraction of sp³-hybridized carbons (Fsp3) is 0.154. The third-order valence-electron chi connectivity index (χ3n) is 2.74. The number of carbonyl (C=O) groups is 1. The minimum Gasteiger partial charge on any atom is -0.438 e. The maximum absolute atomic E-state index is 11.8. The molecule has 1 N–H and O–H groups in total. The zero-order valence-corrected chi connectivity index (χ0v) is 11.1. The van der Waals surface area contributed by atoms with Crippen LogP contribution in [0.25, 0.3) is 11.4 Å². The van der Waals surface area contributed by atoms with Crippen molar-refractivity contribution >= 4 is 5.91 Å². The lowest BCUT2D eigenvalue weighted by atomic mass is 10.3. The Hall–Kier alpha value is -3.03. The number of aromatic nitrogens is 4. The molecule has 1 amide bonds. The summed E-state index contributed by atoms with van der Waals surface area (Å²) in [5, 5.41) is 6.54. The van der Waals surface area contributed by atoms with Gasteiger partial charge in [0.2, 0.25) is 17.5 Å². The number of amides is 1. The molecule has 0 spiro atoms. The van der Waals surface area contributed by atoms with E-state index in [4.69, 9.17) is 8.94 Å². The molecule has 3 rings (SSSR count). The molecule has 8 nitrogen and oxygen atoms in total. The summed E-state index contributed by atoms with van der Waals surface area (Å²) < 4.78 is 10.1. The van der Waals surface area contributed by atoms with Gasteiger partial charge in [0.25, 0.3) is 5.91 Å². The highest BCUT2D eigenvalue weighted by Crippen LogP contribution is 2.17. The summed E-state index contributed by atoms with van der Waals surface area (Å²) in [7, 11) is 0. The lowest BCUT2D eigenvalue weighted by molar-refractivity contribution is 0.0904. The number of carbonyl (C=O) groups excluding carboxylic acids is 1. The molecular formula is C13H11N5O3. The highest BCUT2D eigenvalue weighted by Gasteiger charge is 2.19. The fourth-order valence-corrected chi connectivity index (χ4v) is 1.68. The number of pyridine rings is 1. The summed E-state index contributed by atoms with van der Waals surface area (Å²) in [6.07, 6.45) is 5.81. The third-order valence-corrected chi connectivity index (χ3v) is 2.74. The highest BCUT2D eigenvalue weighted by atomic mass is 16.5. The largest absolute Gasteiger partial charge is 0.438 e. The first-order valence-electron chi connectivity index (χ1n) is 6.17. The number of nitrogens with one attached hydrogen (secondary N) is 1. The van der Waals surface area contributed by atoms with E-state index in [9.17, 15) is 4.79 Å². The van der Waals surface area contributed by atoms with Gasteiger partial charge in [0.15, 0.2) is 6.39 Å². The molecule has 3 aromatic rings. The van der Waals surface area contributed by atoms with Crippen molar-refractivity contribution in [1.82, 2.24) is 25.4 Å². The van der Waals surface area contributed by atoms with Crippen LogP contribution >= 0.6 is 0 Å². The highest BCUT2D eigenvalue weighted by molar-refractivity contribution is 5.91. The fourth-order valence-electron chi connectivity index (χ4n) is 1.68. The van der Waals surface area contributed by atoms with Gasteiger partial charge in [-0.05, 0) is 19.1 Å².